The van der Waals surface area contributed by atoms with Gasteiger partial charge in [0, 0.05) is 13.1 Å². The zero-order valence-corrected chi connectivity index (χ0v) is 22.4. The minimum absolute atomic E-state index is 0. The number of ether oxygens (including phenoxy) is 1. The number of nitrogens with zero attached hydrogens (tertiary/aromatic N) is 3. The molecule has 1 aromatic heterocycles. The van der Waals surface area contributed by atoms with Gasteiger partial charge in [0.1, 0.15) is 11.5 Å². The number of thiazole rings is 1. The number of amides is 1. The van der Waals surface area contributed by atoms with Gasteiger partial charge in [0.15, 0.2) is 15.0 Å². The molecule has 0 spiro atoms. The molecule has 0 unspecified atom stereocenters. The summed E-state index contributed by atoms with van der Waals surface area (Å²) in [5, 5.41) is 0.495. The molecule has 0 saturated heterocycles. The number of rotatable bonds is 11. The van der Waals surface area contributed by atoms with E-state index < -0.39 is 21.5 Å². The second-order valence-electron chi connectivity index (χ2n) is 7.70. The lowest BCUT2D eigenvalue weighted by molar-refractivity contribution is -0.116. The number of carbonyl (C=O) groups excluding carboxylic acids is 1. The Labute approximate surface area is 212 Å². The normalized spacial score (nSPS) is 11.4. The Morgan fingerprint density at radius 2 is 1.71 bits per heavy atom. The highest BCUT2D eigenvalue weighted by molar-refractivity contribution is 7.92. The van der Waals surface area contributed by atoms with Gasteiger partial charge in [-0.25, -0.2) is 13.4 Å². The summed E-state index contributed by atoms with van der Waals surface area (Å²) >= 11 is 1.37. The molecule has 2 aromatic carbocycles. The van der Waals surface area contributed by atoms with Crippen molar-refractivity contribution in [3.63, 3.8) is 0 Å². The van der Waals surface area contributed by atoms with Crippen molar-refractivity contribution in [2.45, 2.75) is 32.6 Å². The molecule has 7 nitrogen and oxygen atoms in total. The van der Waals surface area contributed by atoms with E-state index in [0.29, 0.717) is 24.8 Å². The van der Waals surface area contributed by atoms with Gasteiger partial charge in [-0.05, 0) is 57.3 Å². The van der Waals surface area contributed by atoms with Crippen molar-refractivity contribution in [3.05, 3.63) is 48.0 Å². The number of halogens is 1. The molecule has 0 atom stereocenters. The maximum atomic E-state index is 13.3. The molecule has 34 heavy (non-hydrogen) atoms. The van der Waals surface area contributed by atoms with E-state index >= 15 is 0 Å². The number of fused-ring (bicyclic) bond motifs is 1. The van der Waals surface area contributed by atoms with Crippen LogP contribution in [0, 0.1) is 6.92 Å². The first-order chi connectivity index (χ1) is 15.8. The molecule has 0 N–H and O–H groups in total. The highest BCUT2D eigenvalue weighted by atomic mass is 35.5. The first-order valence-corrected chi connectivity index (χ1v) is 13.6. The van der Waals surface area contributed by atoms with Crippen LogP contribution < -0.4 is 9.64 Å². The van der Waals surface area contributed by atoms with Crippen molar-refractivity contribution >= 4 is 54.8 Å². The molecule has 10 heteroatoms. The van der Waals surface area contributed by atoms with Gasteiger partial charge in [-0.15, -0.1) is 12.4 Å². The fourth-order valence-corrected chi connectivity index (χ4v) is 5.68. The summed E-state index contributed by atoms with van der Waals surface area (Å²) < 4.78 is 32.3. The first-order valence-electron chi connectivity index (χ1n) is 11.1. The largest absolute Gasteiger partial charge is 0.494 e. The molecule has 0 aliphatic carbocycles. The third-order valence-corrected chi connectivity index (χ3v) is 8.08. The smallest absolute Gasteiger partial charge is 0.244 e. The quantitative estimate of drug-likeness (QED) is 0.365. The molecule has 0 saturated carbocycles. The topological polar surface area (TPSA) is 79.8 Å². The van der Waals surface area contributed by atoms with Crippen LogP contribution in [0.3, 0.4) is 0 Å². The van der Waals surface area contributed by atoms with E-state index in [1.165, 1.54) is 16.2 Å². The van der Waals surface area contributed by atoms with Gasteiger partial charge in [-0.3, -0.25) is 9.69 Å². The molecular formula is C24H32ClN3O4S2. The summed E-state index contributed by atoms with van der Waals surface area (Å²) in [7, 11) is -3.77. The molecule has 0 aliphatic rings. The SMILES string of the molecule is CCOc1ccc2nc(N(CCN(CC)CC)C(=O)CS(=O)(=O)c3ccc(C)cc3)sc2c1.Cl. The predicted molar refractivity (Wildman–Crippen MR) is 141 cm³/mol. The van der Waals surface area contributed by atoms with Crippen molar-refractivity contribution < 1.29 is 17.9 Å². The van der Waals surface area contributed by atoms with Crippen molar-refractivity contribution in [1.29, 1.82) is 0 Å². The minimum atomic E-state index is -3.77. The average Bonchev–Trinajstić information content (AvgIpc) is 3.20. The third-order valence-electron chi connectivity index (χ3n) is 5.42. The van der Waals surface area contributed by atoms with Crippen LogP contribution in [0.4, 0.5) is 5.13 Å². The molecule has 186 valence electrons. The molecule has 0 aliphatic heterocycles. The van der Waals surface area contributed by atoms with Crippen molar-refractivity contribution in [2.75, 3.05) is 43.4 Å². The van der Waals surface area contributed by atoms with Gasteiger partial charge in [0.05, 0.1) is 21.7 Å². The lowest BCUT2D eigenvalue weighted by Crippen LogP contribution is -2.41. The van der Waals surface area contributed by atoms with Gasteiger partial charge < -0.3 is 9.64 Å². The summed E-state index contributed by atoms with van der Waals surface area (Å²) in [6.07, 6.45) is 0. The Balaban J connectivity index is 0.00000408. The molecule has 3 aromatic rings. The number of sulfone groups is 1. The summed E-state index contributed by atoms with van der Waals surface area (Å²) in [6, 6.07) is 12.2. The Morgan fingerprint density at radius 1 is 1.03 bits per heavy atom. The Kier molecular flexibility index (Phi) is 10.3. The third kappa shape index (κ3) is 6.91. The van der Waals surface area contributed by atoms with Gasteiger partial charge in [0.25, 0.3) is 0 Å². The number of aryl methyl sites for hydroxylation is 1. The van der Waals surface area contributed by atoms with E-state index in [4.69, 9.17) is 4.74 Å². The Bertz CT molecular complexity index is 1190. The highest BCUT2D eigenvalue weighted by Crippen LogP contribution is 2.32. The van der Waals surface area contributed by atoms with E-state index in [9.17, 15) is 13.2 Å². The van der Waals surface area contributed by atoms with Crippen LogP contribution in [0.2, 0.25) is 0 Å². The summed E-state index contributed by atoms with van der Waals surface area (Å²) in [6.45, 7) is 11.2. The predicted octanol–water partition coefficient (Wildman–Crippen LogP) is 4.57. The Morgan fingerprint density at radius 3 is 2.32 bits per heavy atom. The van der Waals surface area contributed by atoms with Crippen LogP contribution in [-0.4, -0.2) is 62.7 Å². The monoisotopic (exact) mass is 525 g/mol. The van der Waals surface area contributed by atoms with Crippen LogP contribution in [0.25, 0.3) is 10.2 Å². The van der Waals surface area contributed by atoms with Crippen molar-refractivity contribution in [3.8, 4) is 5.75 Å². The van der Waals surface area contributed by atoms with Crippen LogP contribution in [0.5, 0.6) is 5.75 Å². The van der Waals surface area contributed by atoms with E-state index in [1.807, 2.05) is 32.0 Å². The van der Waals surface area contributed by atoms with E-state index in [1.54, 1.807) is 24.3 Å². The van der Waals surface area contributed by atoms with Crippen molar-refractivity contribution in [2.24, 2.45) is 0 Å². The number of anilines is 1. The second-order valence-corrected chi connectivity index (χ2v) is 10.7. The fourth-order valence-electron chi connectivity index (χ4n) is 3.44. The number of likely N-dealkylation sites (N-methyl/N-ethyl adjacent to an activating group) is 1. The van der Waals surface area contributed by atoms with Crippen LogP contribution in [-0.2, 0) is 14.6 Å². The van der Waals surface area contributed by atoms with E-state index in [-0.39, 0.29) is 17.3 Å². The molecular weight excluding hydrogens is 494 g/mol. The average molecular weight is 526 g/mol. The van der Waals surface area contributed by atoms with Crippen LogP contribution in [0.1, 0.15) is 26.3 Å². The number of aromatic nitrogens is 1. The highest BCUT2D eigenvalue weighted by Gasteiger charge is 2.27. The lowest BCUT2D eigenvalue weighted by atomic mass is 10.2. The Hall–Kier alpha value is -2.20. The summed E-state index contributed by atoms with van der Waals surface area (Å²) in [4.78, 5) is 21.8. The van der Waals surface area contributed by atoms with E-state index in [0.717, 1.165) is 34.6 Å². The van der Waals surface area contributed by atoms with Crippen molar-refractivity contribution in [1.82, 2.24) is 9.88 Å². The summed E-state index contributed by atoms with van der Waals surface area (Å²) in [5.74, 6) is -0.344. The zero-order valence-electron chi connectivity index (χ0n) is 20.0. The zero-order chi connectivity index (χ0) is 24.0. The van der Waals surface area contributed by atoms with Gasteiger partial charge in [-0.2, -0.15) is 0 Å². The molecule has 3 rings (SSSR count). The number of benzene rings is 2. The number of hydrogen-bond acceptors (Lipinski definition) is 7. The van der Waals surface area contributed by atoms with Gasteiger partial charge >= 0.3 is 0 Å². The maximum Gasteiger partial charge on any atom is 0.244 e. The lowest BCUT2D eigenvalue weighted by Gasteiger charge is -2.24. The second kappa shape index (κ2) is 12.5. The van der Waals surface area contributed by atoms with Crippen LogP contribution >= 0.6 is 23.7 Å². The summed E-state index contributed by atoms with van der Waals surface area (Å²) in [5.41, 5.74) is 1.71. The first kappa shape index (κ1) is 28.0. The van der Waals surface area contributed by atoms with Crippen LogP contribution in [0.15, 0.2) is 47.4 Å². The molecule has 0 bridgehead atoms. The number of carbonyl (C=O) groups is 1. The maximum absolute atomic E-state index is 13.3. The molecule has 1 amide bonds. The molecule has 0 radical (unpaired) electrons. The van der Waals surface area contributed by atoms with Gasteiger partial charge in [-0.1, -0.05) is 42.9 Å². The molecule has 0 fully saturated rings. The number of hydrogen-bond donors (Lipinski definition) is 0. The fraction of sp³-hybridized carbons (Fsp3) is 0.417. The van der Waals surface area contributed by atoms with Gasteiger partial charge in [0.2, 0.25) is 5.91 Å². The molecule has 1 heterocycles. The standard InChI is InChI=1S/C24H31N3O4S2.ClH/c1-5-26(6-2)14-15-27(23(28)17-33(29,30)20-11-8-18(4)9-12-20)24-25-21-13-10-19(31-7-3)16-22(21)32-24;/h8-13,16H,5-7,14-15,17H2,1-4H3;1H. The van der Waals surface area contributed by atoms with E-state index in [2.05, 4.69) is 23.7 Å². The minimum Gasteiger partial charge on any atom is -0.494 e.